The van der Waals surface area contributed by atoms with Crippen LogP contribution in [0, 0.1) is 13.8 Å². The lowest BCUT2D eigenvalue weighted by Crippen LogP contribution is -2.22. The van der Waals surface area contributed by atoms with Crippen molar-refractivity contribution in [3.05, 3.63) is 58.2 Å². The van der Waals surface area contributed by atoms with Crippen molar-refractivity contribution < 1.29 is 24.2 Å². The first-order valence-corrected chi connectivity index (χ1v) is 10.3. The Morgan fingerprint density at radius 1 is 1.06 bits per heavy atom. The Bertz CT molecular complexity index is 1100. The van der Waals surface area contributed by atoms with Gasteiger partial charge < -0.3 is 24.5 Å². The summed E-state index contributed by atoms with van der Waals surface area (Å²) in [4.78, 5) is 23.2. The van der Waals surface area contributed by atoms with Crippen LogP contribution in [0.15, 0.2) is 36.4 Å². The molecule has 0 atom stereocenters. The number of nitrogens with zero attached hydrogens (tertiary/aromatic N) is 1. The number of rotatable bonds is 9. The van der Waals surface area contributed by atoms with Gasteiger partial charge in [-0.05, 0) is 61.7 Å². The maximum absolute atomic E-state index is 12.4. The summed E-state index contributed by atoms with van der Waals surface area (Å²) in [6.07, 6.45) is 0.661. The highest BCUT2D eigenvalue weighted by molar-refractivity contribution is 6.32. The molecule has 31 heavy (non-hydrogen) atoms. The SMILES string of the molecule is CNC(=O)c1cc2ccc(OCC(=O)O)cc2n1CCCOc1cc(C)c(Cl)c(C)c1. The summed E-state index contributed by atoms with van der Waals surface area (Å²) in [5.41, 5.74) is 3.23. The Labute approximate surface area is 185 Å². The van der Waals surface area contributed by atoms with Gasteiger partial charge in [0.25, 0.3) is 5.91 Å². The highest BCUT2D eigenvalue weighted by Gasteiger charge is 2.15. The summed E-state index contributed by atoms with van der Waals surface area (Å²) in [6, 6.07) is 10.9. The molecule has 3 rings (SSSR count). The monoisotopic (exact) mass is 444 g/mol. The van der Waals surface area contributed by atoms with Crippen molar-refractivity contribution in [1.82, 2.24) is 9.88 Å². The molecule has 0 bridgehead atoms. The average molecular weight is 445 g/mol. The van der Waals surface area contributed by atoms with Gasteiger partial charge in [-0.2, -0.15) is 0 Å². The van der Waals surface area contributed by atoms with E-state index in [2.05, 4.69) is 5.32 Å². The summed E-state index contributed by atoms with van der Waals surface area (Å²) in [7, 11) is 1.58. The van der Waals surface area contributed by atoms with Gasteiger partial charge in [0.05, 0.1) is 12.1 Å². The molecule has 2 aromatic carbocycles. The number of amides is 1. The molecule has 2 N–H and O–H groups in total. The van der Waals surface area contributed by atoms with Crippen molar-refractivity contribution in [3.63, 3.8) is 0 Å². The van der Waals surface area contributed by atoms with Crippen molar-refractivity contribution in [1.29, 1.82) is 0 Å². The van der Waals surface area contributed by atoms with Crippen LogP contribution >= 0.6 is 11.6 Å². The molecule has 0 radical (unpaired) electrons. The van der Waals surface area contributed by atoms with Gasteiger partial charge in [0.15, 0.2) is 6.61 Å². The van der Waals surface area contributed by atoms with E-state index in [4.69, 9.17) is 26.2 Å². The average Bonchev–Trinajstić information content (AvgIpc) is 3.10. The van der Waals surface area contributed by atoms with Crippen LogP contribution in [0.3, 0.4) is 0 Å². The first kappa shape index (κ1) is 22.5. The van der Waals surface area contributed by atoms with Crippen LogP contribution in [-0.2, 0) is 11.3 Å². The molecule has 0 fully saturated rings. The molecular formula is C23H25ClN2O5. The highest BCUT2D eigenvalue weighted by atomic mass is 35.5. The topological polar surface area (TPSA) is 89.8 Å². The number of nitrogens with one attached hydrogen (secondary N) is 1. The zero-order valence-electron chi connectivity index (χ0n) is 17.7. The zero-order valence-corrected chi connectivity index (χ0v) is 18.5. The van der Waals surface area contributed by atoms with E-state index in [9.17, 15) is 9.59 Å². The van der Waals surface area contributed by atoms with Gasteiger partial charge in [0, 0.05) is 30.1 Å². The smallest absolute Gasteiger partial charge is 0.341 e. The molecule has 0 unspecified atom stereocenters. The number of aryl methyl sites for hydroxylation is 3. The third-order valence-electron chi connectivity index (χ3n) is 4.90. The van der Waals surface area contributed by atoms with E-state index in [1.807, 2.05) is 42.7 Å². The van der Waals surface area contributed by atoms with Crippen LogP contribution in [0.4, 0.5) is 0 Å². The summed E-state index contributed by atoms with van der Waals surface area (Å²) in [5.74, 6) is -0.0610. The first-order chi connectivity index (χ1) is 14.8. The molecule has 7 nitrogen and oxygen atoms in total. The number of aliphatic carboxylic acids is 1. The number of hydrogen-bond acceptors (Lipinski definition) is 4. The second-order valence-electron chi connectivity index (χ2n) is 7.24. The fraction of sp³-hybridized carbons (Fsp3) is 0.304. The van der Waals surface area contributed by atoms with E-state index in [0.717, 1.165) is 32.8 Å². The summed E-state index contributed by atoms with van der Waals surface area (Å²) >= 11 is 6.21. The molecule has 1 amide bonds. The molecule has 0 saturated carbocycles. The maximum atomic E-state index is 12.4. The highest BCUT2D eigenvalue weighted by Crippen LogP contribution is 2.27. The lowest BCUT2D eigenvalue weighted by atomic mass is 10.1. The number of carbonyl (C=O) groups is 2. The van der Waals surface area contributed by atoms with Crippen LogP contribution in [0.5, 0.6) is 11.5 Å². The molecule has 8 heteroatoms. The fourth-order valence-electron chi connectivity index (χ4n) is 3.43. The number of hydrogen-bond donors (Lipinski definition) is 2. The third-order valence-corrected chi connectivity index (χ3v) is 5.50. The van der Waals surface area contributed by atoms with Gasteiger partial charge in [0.2, 0.25) is 0 Å². The van der Waals surface area contributed by atoms with Crippen molar-refractivity contribution in [2.45, 2.75) is 26.8 Å². The van der Waals surface area contributed by atoms with Gasteiger partial charge in [-0.15, -0.1) is 0 Å². The minimum atomic E-state index is -1.05. The van der Waals surface area contributed by atoms with Gasteiger partial charge in [0.1, 0.15) is 17.2 Å². The number of carboxylic acid groups (broad SMARTS) is 1. The number of ether oxygens (including phenoxy) is 2. The number of aromatic nitrogens is 1. The molecule has 0 aliphatic heterocycles. The van der Waals surface area contributed by atoms with Gasteiger partial charge in [-0.25, -0.2) is 4.79 Å². The number of carboxylic acids is 1. The predicted octanol–water partition coefficient (Wildman–Crippen LogP) is 4.20. The molecule has 0 aliphatic carbocycles. The van der Waals surface area contributed by atoms with Crippen LogP contribution in [0.1, 0.15) is 28.0 Å². The quantitative estimate of drug-likeness (QED) is 0.483. The molecule has 1 heterocycles. The van der Waals surface area contributed by atoms with Gasteiger partial charge in [-0.3, -0.25) is 4.79 Å². The van der Waals surface area contributed by atoms with Crippen molar-refractivity contribution in [3.8, 4) is 11.5 Å². The number of carbonyl (C=O) groups excluding carboxylic acids is 1. The molecular weight excluding hydrogens is 420 g/mol. The largest absolute Gasteiger partial charge is 0.494 e. The Hall–Kier alpha value is -3.19. The van der Waals surface area contributed by atoms with E-state index in [1.165, 1.54) is 0 Å². The summed E-state index contributed by atoms with van der Waals surface area (Å²) in [6.45, 7) is 4.45. The van der Waals surface area contributed by atoms with E-state index in [0.29, 0.717) is 31.0 Å². The molecule has 164 valence electrons. The van der Waals surface area contributed by atoms with E-state index in [-0.39, 0.29) is 5.91 Å². The van der Waals surface area contributed by atoms with Crippen molar-refractivity contribution >= 4 is 34.4 Å². The standard InChI is InChI=1S/C23H25ClN2O5/c1-14-9-18(10-15(2)22(14)24)30-8-4-7-26-19-12-17(31-13-21(27)28)6-5-16(19)11-20(26)23(29)25-3/h5-6,9-12H,4,7-8,13H2,1-3H3,(H,25,29)(H,27,28). The summed E-state index contributed by atoms with van der Waals surface area (Å²) < 4.78 is 13.1. The zero-order chi connectivity index (χ0) is 22.5. The first-order valence-electron chi connectivity index (χ1n) is 9.89. The Balaban J connectivity index is 1.77. The molecule has 0 aliphatic rings. The van der Waals surface area contributed by atoms with Crippen LogP contribution in [0.2, 0.25) is 5.02 Å². The lowest BCUT2D eigenvalue weighted by Gasteiger charge is -2.13. The second kappa shape index (κ2) is 9.75. The Morgan fingerprint density at radius 2 is 1.77 bits per heavy atom. The van der Waals surface area contributed by atoms with Gasteiger partial charge in [-0.1, -0.05) is 11.6 Å². The number of halogens is 1. The molecule has 0 saturated heterocycles. The Morgan fingerprint density at radius 3 is 2.42 bits per heavy atom. The second-order valence-corrected chi connectivity index (χ2v) is 7.61. The minimum Gasteiger partial charge on any atom is -0.494 e. The minimum absolute atomic E-state index is 0.200. The van der Waals surface area contributed by atoms with E-state index in [1.54, 1.807) is 19.2 Å². The third kappa shape index (κ3) is 5.30. The van der Waals surface area contributed by atoms with Crippen molar-refractivity contribution in [2.24, 2.45) is 0 Å². The van der Waals surface area contributed by atoms with Crippen LogP contribution < -0.4 is 14.8 Å². The maximum Gasteiger partial charge on any atom is 0.341 e. The van der Waals surface area contributed by atoms with Gasteiger partial charge >= 0.3 is 5.97 Å². The summed E-state index contributed by atoms with van der Waals surface area (Å²) in [5, 5.41) is 13.1. The van der Waals surface area contributed by atoms with Crippen LogP contribution in [0.25, 0.3) is 10.9 Å². The van der Waals surface area contributed by atoms with Crippen LogP contribution in [-0.4, -0.2) is 41.8 Å². The molecule has 1 aromatic heterocycles. The van der Waals surface area contributed by atoms with E-state index >= 15 is 0 Å². The van der Waals surface area contributed by atoms with Crippen molar-refractivity contribution in [2.75, 3.05) is 20.3 Å². The molecule has 3 aromatic rings. The predicted molar refractivity (Wildman–Crippen MR) is 119 cm³/mol. The fourth-order valence-corrected chi connectivity index (χ4v) is 3.54. The lowest BCUT2D eigenvalue weighted by molar-refractivity contribution is -0.139. The number of benzene rings is 2. The van der Waals surface area contributed by atoms with E-state index < -0.39 is 12.6 Å². The number of fused-ring (bicyclic) bond motifs is 1. The normalized spacial score (nSPS) is 10.8. The molecule has 0 spiro atoms. The Kier molecular flexibility index (Phi) is 7.07.